The summed E-state index contributed by atoms with van der Waals surface area (Å²) in [4.78, 5) is 2.42. The Hall–Kier alpha value is -0.610. The molecule has 1 aliphatic rings. The van der Waals surface area contributed by atoms with E-state index in [0.29, 0.717) is 16.6 Å². The summed E-state index contributed by atoms with van der Waals surface area (Å²) < 4.78 is 13.9. The first-order chi connectivity index (χ1) is 9.15. The van der Waals surface area contributed by atoms with Crippen molar-refractivity contribution in [2.75, 3.05) is 18.0 Å². The third kappa shape index (κ3) is 3.48. The molecular weight excluding hydrogens is 307 g/mol. The van der Waals surface area contributed by atoms with Crippen LogP contribution in [0.15, 0.2) is 22.7 Å². The zero-order chi connectivity index (χ0) is 13.8. The van der Waals surface area contributed by atoms with Crippen LogP contribution in [0, 0.1) is 5.82 Å². The van der Waals surface area contributed by atoms with Crippen LogP contribution in [0.2, 0.25) is 0 Å². The maximum atomic E-state index is 13.4. The molecule has 2 unspecified atom stereocenters. The Kier molecular flexibility index (Phi) is 5.22. The standard InChI is InChI=1S/C15H22BrFN2/c1-3-5-11-10-19(12(4-2)9-18-11)13-6-7-15(17)14(16)8-13/h6-8,11-12,18H,3-5,9-10H2,1-2H3. The molecule has 0 amide bonds. The smallest absolute Gasteiger partial charge is 0.137 e. The molecule has 0 aromatic heterocycles. The summed E-state index contributed by atoms with van der Waals surface area (Å²) in [5.41, 5.74) is 1.11. The summed E-state index contributed by atoms with van der Waals surface area (Å²) in [6.07, 6.45) is 3.48. The SMILES string of the molecule is CCCC1CN(c2ccc(F)c(Br)c2)C(CC)CN1. The number of hydrogen-bond donors (Lipinski definition) is 1. The number of piperazine rings is 1. The van der Waals surface area contributed by atoms with Crippen LogP contribution in [0.1, 0.15) is 33.1 Å². The molecule has 2 atom stereocenters. The monoisotopic (exact) mass is 328 g/mol. The summed E-state index contributed by atoms with van der Waals surface area (Å²) in [5, 5.41) is 3.62. The van der Waals surface area contributed by atoms with Gasteiger partial charge in [-0.15, -0.1) is 0 Å². The molecule has 1 fully saturated rings. The first-order valence-corrected chi connectivity index (χ1v) is 7.90. The van der Waals surface area contributed by atoms with Crippen molar-refractivity contribution in [3.63, 3.8) is 0 Å². The van der Waals surface area contributed by atoms with Crippen molar-refractivity contribution in [3.8, 4) is 0 Å². The topological polar surface area (TPSA) is 15.3 Å². The molecule has 2 nitrogen and oxygen atoms in total. The second kappa shape index (κ2) is 6.71. The molecule has 106 valence electrons. The highest BCUT2D eigenvalue weighted by atomic mass is 79.9. The molecule has 0 saturated carbocycles. The van der Waals surface area contributed by atoms with E-state index in [1.807, 2.05) is 12.1 Å². The Morgan fingerprint density at radius 1 is 1.42 bits per heavy atom. The molecule has 19 heavy (non-hydrogen) atoms. The molecule has 1 aliphatic heterocycles. The largest absolute Gasteiger partial charge is 0.366 e. The first kappa shape index (κ1) is 14.8. The van der Waals surface area contributed by atoms with Crippen LogP contribution in [0.4, 0.5) is 10.1 Å². The van der Waals surface area contributed by atoms with Crippen LogP contribution in [0.3, 0.4) is 0 Å². The Morgan fingerprint density at radius 2 is 2.21 bits per heavy atom. The highest BCUT2D eigenvalue weighted by Gasteiger charge is 2.26. The van der Waals surface area contributed by atoms with E-state index in [1.165, 1.54) is 12.8 Å². The van der Waals surface area contributed by atoms with Crippen LogP contribution in [-0.4, -0.2) is 25.2 Å². The molecule has 1 N–H and O–H groups in total. The molecule has 4 heteroatoms. The zero-order valence-electron chi connectivity index (χ0n) is 11.6. The normalized spacial score (nSPS) is 23.7. The fraction of sp³-hybridized carbons (Fsp3) is 0.600. The predicted molar refractivity (Wildman–Crippen MR) is 82.2 cm³/mol. The second-order valence-corrected chi connectivity index (χ2v) is 6.06. The Balaban J connectivity index is 2.19. The van der Waals surface area contributed by atoms with Gasteiger partial charge in [-0.2, -0.15) is 0 Å². The highest BCUT2D eigenvalue weighted by molar-refractivity contribution is 9.10. The third-order valence-electron chi connectivity index (χ3n) is 3.84. The van der Waals surface area contributed by atoms with Crippen LogP contribution in [0.5, 0.6) is 0 Å². The number of nitrogens with one attached hydrogen (secondary N) is 1. The number of hydrogen-bond acceptors (Lipinski definition) is 2. The number of anilines is 1. The van der Waals surface area contributed by atoms with Crippen LogP contribution >= 0.6 is 15.9 Å². The summed E-state index contributed by atoms with van der Waals surface area (Å²) >= 11 is 3.28. The molecule has 1 heterocycles. The average molecular weight is 329 g/mol. The van der Waals surface area contributed by atoms with Gasteiger partial charge in [0.15, 0.2) is 0 Å². The van der Waals surface area contributed by atoms with Crippen molar-refractivity contribution in [3.05, 3.63) is 28.5 Å². The number of rotatable bonds is 4. The molecule has 1 aromatic rings. The quantitative estimate of drug-likeness (QED) is 0.900. The van der Waals surface area contributed by atoms with Crippen molar-refractivity contribution in [1.82, 2.24) is 5.32 Å². The van der Waals surface area contributed by atoms with Crippen molar-refractivity contribution in [2.24, 2.45) is 0 Å². The predicted octanol–water partition coefficient (Wildman–Crippen LogP) is 3.95. The van der Waals surface area contributed by atoms with E-state index in [0.717, 1.165) is 25.2 Å². The van der Waals surface area contributed by atoms with E-state index < -0.39 is 0 Å². The van der Waals surface area contributed by atoms with Gasteiger partial charge in [-0.25, -0.2) is 4.39 Å². The minimum absolute atomic E-state index is 0.197. The van der Waals surface area contributed by atoms with Gasteiger partial charge in [0.2, 0.25) is 0 Å². The second-order valence-electron chi connectivity index (χ2n) is 5.21. The molecule has 0 spiro atoms. The lowest BCUT2D eigenvalue weighted by Gasteiger charge is -2.42. The fourth-order valence-electron chi connectivity index (χ4n) is 2.75. The first-order valence-electron chi connectivity index (χ1n) is 7.10. The third-order valence-corrected chi connectivity index (χ3v) is 4.45. The van der Waals surface area contributed by atoms with Gasteiger partial charge in [-0.1, -0.05) is 20.3 Å². The van der Waals surface area contributed by atoms with Gasteiger partial charge in [0, 0.05) is 30.9 Å². The Labute approximate surface area is 123 Å². The fourth-order valence-corrected chi connectivity index (χ4v) is 3.12. The maximum absolute atomic E-state index is 13.4. The number of benzene rings is 1. The van der Waals surface area contributed by atoms with Gasteiger partial charge in [0.1, 0.15) is 5.82 Å². The van der Waals surface area contributed by atoms with Gasteiger partial charge in [-0.05, 0) is 47.0 Å². The number of nitrogens with zero attached hydrogens (tertiary/aromatic N) is 1. The summed E-state index contributed by atoms with van der Waals surface area (Å²) in [6.45, 7) is 6.44. The van der Waals surface area contributed by atoms with E-state index in [2.05, 4.69) is 40.0 Å². The van der Waals surface area contributed by atoms with Crippen molar-refractivity contribution >= 4 is 21.6 Å². The highest BCUT2D eigenvalue weighted by Crippen LogP contribution is 2.27. The summed E-state index contributed by atoms with van der Waals surface area (Å²) in [5.74, 6) is -0.197. The minimum atomic E-state index is -0.197. The lowest BCUT2D eigenvalue weighted by atomic mass is 10.0. The van der Waals surface area contributed by atoms with E-state index in [9.17, 15) is 4.39 Å². The lowest BCUT2D eigenvalue weighted by Crippen LogP contribution is -2.56. The Morgan fingerprint density at radius 3 is 2.84 bits per heavy atom. The molecular formula is C15H22BrFN2. The van der Waals surface area contributed by atoms with Gasteiger partial charge in [0.05, 0.1) is 4.47 Å². The Bertz CT molecular complexity index is 425. The molecule has 0 aliphatic carbocycles. The van der Waals surface area contributed by atoms with Crippen molar-refractivity contribution in [1.29, 1.82) is 0 Å². The maximum Gasteiger partial charge on any atom is 0.137 e. The van der Waals surface area contributed by atoms with Gasteiger partial charge in [0.25, 0.3) is 0 Å². The van der Waals surface area contributed by atoms with Crippen LogP contribution < -0.4 is 10.2 Å². The van der Waals surface area contributed by atoms with E-state index in [4.69, 9.17) is 0 Å². The molecule has 0 radical (unpaired) electrons. The van der Waals surface area contributed by atoms with Crippen LogP contribution in [-0.2, 0) is 0 Å². The summed E-state index contributed by atoms with van der Waals surface area (Å²) in [6, 6.07) is 6.36. The van der Waals surface area contributed by atoms with Crippen molar-refractivity contribution < 1.29 is 4.39 Å². The van der Waals surface area contributed by atoms with Crippen LogP contribution in [0.25, 0.3) is 0 Å². The van der Waals surface area contributed by atoms with E-state index in [-0.39, 0.29) is 5.82 Å². The van der Waals surface area contributed by atoms with Gasteiger partial charge in [-0.3, -0.25) is 0 Å². The lowest BCUT2D eigenvalue weighted by molar-refractivity contribution is 0.369. The van der Waals surface area contributed by atoms with Gasteiger partial charge >= 0.3 is 0 Å². The van der Waals surface area contributed by atoms with E-state index in [1.54, 1.807) is 6.07 Å². The molecule has 0 bridgehead atoms. The molecule has 1 saturated heterocycles. The van der Waals surface area contributed by atoms with Crippen molar-refractivity contribution in [2.45, 2.75) is 45.2 Å². The zero-order valence-corrected chi connectivity index (χ0v) is 13.2. The minimum Gasteiger partial charge on any atom is -0.366 e. The molecule has 1 aromatic carbocycles. The molecule has 2 rings (SSSR count). The van der Waals surface area contributed by atoms with E-state index >= 15 is 0 Å². The number of halogens is 2. The average Bonchev–Trinajstić information content (AvgIpc) is 2.42. The van der Waals surface area contributed by atoms with Gasteiger partial charge < -0.3 is 10.2 Å². The summed E-state index contributed by atoms with van der Waals surface area (Å²) in [7, 11) is 0.